The summed E-state index contributed by atoms with van der Waals surface area (Å²) >= 11 is 0. The molecule has 0 N–H and O–H groups in total. The third kappa shape index (κ3) is 3.35. The van der Waals surface area contributed by atoms with Crippen LogP contribution in [0.1, 0.15) is 95.7 Å². The number of hydrogen-bond acceptors (Lipinski definition) is 0. The van der Waals surface area contributed by atoms with Crippen LogP contribution in [0.15, 0.2) is 0 Å². The maximum absolute atomic E-state index is 2.34. The molecular weight excluding hydrogens is 252 g/mol. The van der Waals surface area contributed by atoms with Gasteiger partial charge in [-0.05, 0) is 70.4 Å². The van der Waals surface area contributed by atoms with Crippen molar-refractivity contribution in [3.8, 4) is 0 Å². The second-order valence-corrected chi connectivity index (χ2v) is 9.75. The molecule has 0 unspecified atom stereocenters. The molecule has 21 heavy (non-hydrogen) atoms. The molecule has 0 atom stereocenters. The van der Waals surface area contributed by atoms with E-state index in [9.17, 15) is 0 Å². The van der Waals surface area contributed by atoms with E-state index in [2.05, 4.69) is 83.1 Å². The normalized spacial score (nSPS) is 13.7. The van der Waals surface area contributed by atoms with E-state index >= 15 is 0 Å². The smallest absolute Gasteiger partial charge is 0.0126 e. The lowest BCUT2D eigenvalue weighted by molar-refractivity contribution is 0.531. The summed E-state index contributed by atoms with van der Waals surface area (Å²) in [6, 6.07) is 0. The first-order chi connectivity index (χ1) is 9.10. The van der Waals surface area contributed by atoms with E-state index in [1.165, 1.54) is 16.7 Å². The molecule has 0 aromatic heterocycles. The minimum absolute atomic E-state index is 0.182. The van der Waals surface area contributed by atoms with Crippen LogP contribution in [0.4, 0.5) is 0 Å². The Bertz CT molecular complexity index is 435. The van der Waals surface area contributed by atoms with Crippen LogP contribution in [0.5, 0.6) is 0 Å². The number of hydrogen-bond donors (Lipinski definition) is 0. The van der Waals surface area contributed by atoms with Crippen LogP contribution in [0.25, 0.3) is 0 Å². The van der Waals surface area contributed by atoms with Gasteiger partial charge < -0.3 is 0 Å². The quantitative estimate of drug-likeness (QED) is 0.511. The summed E-state index contributed by atoms with van der Waals surface area (Å²) in [5.74, 6) is 0. The van der Waals surface area contributed by atoms with Gasteiger partial charge in [0.25, 0.3) is 0 Å². The van der Waals surface area contributed by atoms with Crippen molar-refractivity contribution in [3.63, 3.8) is 0 Å². The molecule has 0 radical (unpaired) electrons. The molecule has 0 amide bonds. The van der Waals surface area contributed by atoms with Crippen LogP contribution < -0.4 is 0 Å². The zero-order valence-electron chi connectivity index (χ0n) is 16.5. The van der Waals surface area contributed by atoms with Crippen molar-refractivity contribution in [3.05, 3.63) is 33.4 Å². The molecule has 0 spiro atoms. The lowest BCUT2D eigenvalue weighted by atomic mass is 9.67. The van der Waals surface area contributed by atoms with E-state index in [0.717, 1.165) is 0 Å². The van der Waals surface area contributed by atoms with Crippen molar-refractivity contribution < 1.29 is 0 Å². The topological polar surface area (TPSA) is 0 Å². The molecule has 0 bridgehead atoms. The average Bonchev–Trinajstić information content (AvgIpc) is 2.07. The van der Waals surface area contributed by atoms with Gasteiger partial charge in [0.2, 0.25) is 0 Å². The van der Waals surface area contributed by atoms with Gasteiger partial charge in [-0.3, -0.25) is 0 Å². The second kappa shape index (κ2) is 5.14. The van der Waals surface area contributed by atoms with E-state index < -0.39 is 0 Å². The highest BCUT2D eigenvalue weighted by Gasteiger charge is 2.32. The van der Waals surface area contributed by atoms with Crippen molar-refractivity contribution in [2.24, 2.45) is 0 Å². The van der Waals surface area contributed by atoms with Gasteiger partial charge in [-0.25, -0.2) is 0 Å². The minimum Gasteiger partial charge on any atom is -0.0561 e. The zero-order valence-corrected chi connectivity index (χ0v) is 16.5. The first kappa shape index (κ1) is 18.3. The fourth-order valence-electron chi connectivity index (χ4n) is 4.59. The average molecular weight is 289 g/mol. The van der Waals surface area contributed by atoms with Crippen LogP contribution in [-0.2, 0) is 16.2 Å². The predicted octanol–water partition coefficient (Wildman–Crippen LogP) is 6.50. The van der Waals surface area contributed by atoms with Crippen molar-refractivity contribution in [1.29, 1.82) is 0 Å². The van der Waals surface area contributed by atoms with Crippen LogP contribution in [-0.4, -0.2) is 0 Å². The van der Waals surface area contributed by atoms with E-state index in [4.69, 9.17) is 0 Å². The van der Waals surface area contributed by atoms with Crippen LogP contribution in [0.3, 0.4) is 0 Å². The van der Waals surface area contributed by atoms with Gasteiger partial charge in [-0.2, -0.15) is 0 Å². The fraction of sp³-hybridized carbons (Fsp3) is 0.714. The molecule has 0 aliphatic carbocycles. The summed E-state index contributed by atoms with van der Waals surface area (Å²) in [5, 5.41) is 0. The Morgan fingerprint density at radius 3 is 0.619 bits per heavy atom. The summed E-state index contributed by atoms with van der Waals surface area (Å²) in [5.41, 5.74) is 9.67. The summed E-state index contributed by atoms with van der Waals surface area (Å²) < 4.78 is 0. The molecule has 0 heteroatoms. The van der Waals surface area contributed by atoms with E-state index in [0.29, 0.717) is 0 Å². The highest BCUT2D eigenvalue weighted by molar-refractivity contribution is 5.57. The van der Waals surface area contributed by atoms with E-state index in [1.54, 1.807) is 16.7 Å². The zero-order chi connectivity index (χ0) is 17.0. The number of rotatable bonds is 0. The SMILES string of the molecule is Cc1c(C(C)(C)C)c(C)c(C(C)(C)C)c(C)c1C(C)(C)C. The fourth-order valence-corrected chi connectivity index (χ4v) is 4.59. The molecule has 0 saturated carbocycles. The summed E-state index contributed by atoms with van der Waals surface area (Å²) in [4.78, 5) is 0. The first-order valence-corrected chi connectivity index (χ1v) is 8.25. The maximum Gasteiger partial charge on any atom is -0.0126 e. The third-order valence-electron chi connectivity index (χ3n) is 4.50. The molecule has 0 fully saturated rings. The largest absolute Gasteiger partial charge is 0.0561 e. The lowest BCUT2D eigenvalue weighted by Gasteiger charge is -2.37. The Hall–Kier alpha value is -0.780. The third-order valence-corrected chi connectivity index (χ3v) is 4.50. The van der Waals surface area contributed by atoms with Crippen molar-refractivity contribution in [2.45, 2.75) is 99.3 Å². The van der Waals surface area contributed by atoms with Gasteiger partial charge in [-0.15, -0.1) is 0 Å². The van der Waals surface area contributed by atoms with Crippen molar-refractivity contribution in [1.82, 2.24) is 0 Å². The van der Waals surface area contributed by atoms with Crippen molar-refractivity contribution >= 4 is 0 Å². The molecule has 1 aromatic carbocycles. The highest BCUT2D eigenvalue weighted by atomic mass is 14.4. The number of benzene rings is 1. The second-order valence-electron chi connectivity index (χ2n) is 9.75. The molecule has 0 saturated heterocycles. The highest BCUT2D eigenvalue weighted by Crippen LogP contribution is 2.43. The molecule has 1 rings (SSSR count). The molecule has 120 valence electrons. The van der Waals surface area contributed by atoms with E-state index in [1.807, 2.05) is 0 Å². The predicted molar refractivity (Wildman–Crippen MR) is 96.8 cm³/mol. The van der Waals surface area contributed by atoms with Gasteiger partial charge in [0.15, 0.2) is 0 Å². The first-order valence-electron chi connectivity index (χ1n) is 8.25. The van der Waals surface area contributed by atoms with Crippen LogP contribution >= 0.6 is 0 Å². The summed E-state index contributed by atoms with van der Waals surface area (Å²) in [7, 11) is 0. The van der Waals surface area contributed by atoms with Crippen molar-refractivity contribution in [2.75, 3.05) is 0 Å². The standard InChI is InChI=1S/C21H36/c1-13-16(19(4,5)6)14(2)18(21(10,11)12)15(3)17(13)20(7,8)9/h1-12H3. The Kier molecular flexibility index (Phi) is 4.47. The van der Waals surface area contributed by atoms with Gasteiger partial charge in [0.05, 0.1) is 0 Å². The molecule has 0 nitrogen and oxygen atoms in total. The monoisotopic (exact) mass is 288 g/mol. The summed E-state index contributed by atoms with van der Waals surface area (Å²) in [6.07, 6.45) is 0. The molecule has 0 heterocycles. The molecule has 0 aliphatic heterocycles. The Balaban J connectivity index is 4.04. The molecular formula is C21H36. The van der Waals surface area contributed by atoms with E-state index in [-0.39, 0.29) is 16.2 Å². The Labute approximate surface area is 133 Å². The minimum atomic E-state index is 0.182. The lowest BCUT2D eigenvalue weighted by Crippen LogP contribution is -2.27. The van der Waals surface area contributed by atoms with Crippen LogP contribution in [0, 0.1) is 20.8 Å². The maximum atomic E-state index is 2.34. The molecule has 0 aliphatic rings. The van der Waals surface area contributed by atoms with Gasteiger partial charge in [0, 0.05) is 0 Å². The summed E-state index contributed by atoms with van der Waals surface area (Å²) in [6.45, 7) is 28.1. The van der Waals surface area contributed by atoms with Gasteiger partial charge in [-0.1, -0.05) is 62.3 Å². The Morgan fingerprint density at radius 1 is 0.381 bits per heavy atom. The molecule has 1 aromatic rings. The van der Waals surface area contributed by atoms with Gasteiger partial charge in [0.1, 0.15) is 0 Å². The van der Waals surface area contributed by atoms with Gasteiger partial charge >= 0.3 is 0 Å². The Morgan fingerprint density at radius 2 is 0.524 bits per heavy atom. The van der Waals surface area contributed by atoms with Crippen LogP contribution in [0.2, 0.25) is 0 Å².